The highest BCUT2D eigenvalue weighted by Gasteiger charge is 2.14. The summed E-state index contributed by atoms with van der Waals surface area (Å²) < 4.78 is 15.1. The molecule has 0 unspecified atom stereocenters. The Bertz CT molecular complexity index is 1300. The molecule has 3 heterocycles. The van der Waals surface area contributed by atoms with Crippen molar-refractivity contribution < 1.29 is 4.39 Å². The van der Waals surface area contributed by atoms with E-state index >= 15 is 0 Å². The SMILES string of the molecule is Fc1ccc(Nc2nc(NCc3cccnc3)nc3c2cnn3-c2ccccc2)cc1. The summed E-state index contributed by atoms with van der Waals surface area (Å²) >= 11 is 0. The van der Waals surface area contributed by atoms with E-state index in [1.54, 1.807) is 35.4 Å². The van der Waals surface area contributed by atoms with Gasteiger partial charge in [0, 0.05) is 24.6 Å². The summed E-state index contributed by atoms with van der Waals surface area (Å²) in [5.41, 5.74) is 3.27. The molecule has 8 heteroatoms. The Morgan fingerprint density at radius 2 is 1.71 bits per heavy atom. The van der Waals surface area contributed by atoms with Crippen molar-refractivity contribution in [3.63, 3.8) is 0 Å². The van der Waals surface area contributed by atoms with Crippen LogP contribution in [0.1, 0.15) is 5.56 Å². The molecule has 0 saturated heterocycles. The topological polar surface area (TPSA) is 80.6 Å². The minimum atomic E-state index is -0.297. The standard InChI is InChI=1S/C23H18FN7/c24-17-8-10-18(11-9-17)28-21-20-15-27-31(19-6-2-1-3-7-19)22(20)30-23(29-21)26-14-16-5-4-12-25-13-16/h1-13,15H,14H2,(H2,26,28,29,30). The smallest absolute Gasteiger partial charge is 0.227 e. The van der Waals surface area contributed by atoms with Crippen LogP contribution >= 0.6 is 0 Å². The van der Waals surface area contributed by atoms with Crippen molar-refractivity contribution >= 4 is 28.5 Å². The minimum Gasteiger partial charge on any atom is -0.350 e. The van der Waals surface area contributed by atoms with Crippen LogP contribution in [0, 0.1) is 5.82 Å². The molecule has 5 rings (SSSR count). The number of nitrogens with one attached hydrogen (secondary N) is 2. The highest BCUT2D eigenvalue weighted by Crippen LogP contribution is 2.27. The van der Waals surface area contributed by atoms with Crippen molar-refractivity contribution in [2.45, 2.75) is 6.54 Å². The Morgan fingerprint density at radius 3 is 2.48 bits per heavy atom. The summed E-state index contributed by atoms with van der Waals surface area (Å²) in [6.07, 6.45) is 5.24. The van der Waals surface area contributed by atoms with Gasteiger partial charge >= 0.3 is 0 Å². The van der Waals surface area contributed by atoms with E-state index in [0.29, 0.717) is 29.6 Å². The third-order valence-corrected chi connectivity index (χ3v) is 4.71. The molecule has 0 fully saturated rings. The molecule has 0 spiro atoms. The van der Waals surface area contributed by atoms with Gasteiger partial charge in [-0.25, -0.2) is 9.07 Å². The Morgan fingerprint density at radius 1 is 0.871 bits per heavy atom. The summed E-state index contributed by atoms with van der Waals surface area (Å²) in [6.45, 7) is 0.523. The van der Waals surface area contributed by atoms with Gasteiger partial charge in [0.15, 0.2) is 5.65 Å². The maximum absolute atomic E-state index is 13.3. The largest absolute Gasteiger partial charge is 0.350 e. The van der Waals surface area contributed by atoms with Crippen molar-refractivity contribution in [1.29, 1.82) is 0 Å². The molecule has 31 heavy (non-hydrogen) atoms. The fraction of sp³-hybridized carbons (Fsp3) is 0.0435. The zero-order valence-corrected chi connectivity index (χ0v) is 16.4. The van der Waals surface area contributed by atoms with Crippen LogP contribution in [0.2, 0.25) is 0 Å². The maximum atomic E-state index is 13.3. The number of hydrogen-bond acceptors (Lipinski definition) is 6. The molecule has 0 radical (unpaired) electrons. The van der Waals surface area contributed by atoms with E-state index in [9.17, 15) is 4.39 Å². The van der Waals surface area contributed by atoms with Crippen molar-refractivity contribution in [1.82, 2.24) is 24.7 Å². The summed E-state index contributed by atoms with van der Waals surface area (Å²) in [5, 5.41) is 11.8. The summed E-state index contributed by atoms with van der Waals surface area (Å²) in [7, 11) is 0. The van der Waals surface area contributed by atoms with Crippen LogP contribution < -0.4 is 10.6 Å². The molecule has 0 saturated carbocycles. The molecule has 0 aliphatic carbocycles. The van der Waals surface area contributed by atoms with Gasteiger partial charge in [-0.15, -0.1) is 0 Å². The Hall–Kier alpha value is -4.33. The molecule has 0 amide bonds. The van der Waals surface area contributed by atoms with Crippen molar-refractivity contribution in [2.24, 2.45) is 0 Å². The molecule has 152 valence electrons. The van der Waals surface area contributed by atoms with E-state index in [1.165, 1.54) is 12.1 Å². The van der Waals surface area contributed by atoms with Crippen LogP contribution in [0.25, 0.3) is 16.7 Å². The zero-order chi connectivity index (χ0) is 21.0. The maximum Gasteiger partial charge on any atom is 0.227 e. The van der Waals surface area contributed by atoms with Gasteiger partial charge in [0.05, 0.1) is 17.3 Å². The Balaban J connectivity index is 1.56. The molecule has 0 atom stereocenters. The fourth-order valence-electron chi connectivity index (χ4n) is 3.19. The molecular formula is C23H18FN7. The van der Waals surface area contributed by atoms with E-state index < -0.39 is 0 Å². The number of pyridine rings is 1. The third kappa shape index (κ3) is 4.04. The molecule has 2 N–H and O–H groups in total. The number of aromatic nitrogens is 5. The number of benzene rings is 2. The van der Waals surface area contributed by atoms with Crippen molar-refractivity contribution in [3.05, 3.63) is 96.7 Å². The first-order valence-electron chi connectivity index (χ1n) is 9.73. The van der Waals surface area contributed by atoms with E-state index in [4.69, 9.17) is 4.98 Å². The van der Waals surface area contributed by atoms with Crippen LogP contribution in [0.15, 0.2) is 85.3 Å². The molecular weight excluding hydrogens is 393 g/mol. The molecule has 5 aromatic rings. The molecule has 0 aliphatic heterocycles. The first-order chi connectivity index (χ1) is 15.3. The number of rotatable bonds is 6. The second-order valence-corrected chi connectivity index (χ2v) is 6.87. The normalized spacial score (nSPS) is 10.9. The number of halogens is 1. The van der Waals surface area contributed by atoms with E-state index in [0.717, 1.165) is 16.6 Å². The van der Waals surface area contributed by atoms with Gasteiger partial charge in [0.25, 0.3) is 0 Å². The lowest BCUT2D eigenvalue weighted by molar-refractivity contribution is 0.628. The lowest BCUT2D eigenvalue weighted by Gasteiger charge is -2.11. The summed E-state index contributed by atoms with van der Waals surface area (Å²) in [4.78, 5) is 13.5. The van der Waals surface area contributed by atoms with Crippen molar-refractivity contribution in [3.8, 4) is 5.69 Å². The fourth-order valence-corrected chi connectivity index (χ4v) is 3.19. The van der Waals surface area contributed by atoms with Crippen LogP contribution in [0.5, 0.6) is 0 Å². The van der Waals surface area contributed by atoms with Crippen LogP contribution in [-0.2, 0) is 6.54 Å². The van der Waals surface area contributed by atoms with Crippen LogP contribution in [0.4, 0.5) is 21.8 Å². The molecule has 2 aromatic carbocycles. The van der Waals surface area contributed by atoms with Gasteiger partial charge in [-0.05, 0) is 48.0 Å². The summed E-state index contributed by atoms with van der Waals surface area (Å²) in [5.74, 6) is 0.722. The van der Waals surface area contributed by atoms with Gasteiger partial charge in [0.1, 0.15) is 11.6 Å². The van der Waals surface area contributed by atoms with Gasteiger partial charge < -0.3 is 10.6 Å². The number of anilines is 3. The monoisotopic (exact) mass is 411 g/mol. The second-order valence-electron chi connectivity index (χ2n) is 6.87. The molecule has 0 bridgehead atoms. The number of fused-ring (bicyclic) bond motifs is 1. The predicted octanol–water partition coefficient (Wildman–Crippen LogP) is 4.71. The number of nitrogens with zero attached hydrogens (tertiary/aromatic N) is 5. The third-order valence-electron chi connectivity index (χ3n) is 4.71. The Kier molecular flexibility index (Phi) is 4.94. The van der Waals surface area contributed by atoms with Crippen LogP contribution in [0.3, 0.4) is 0 Å². The second kappa shape index (κ2) is 8.19. The van der Waals surface area contributed by atoms with Gasteiger partial charge in [-0.1, -0.05) is 24.3 Å². The lowest BCUT2D eigenvalue weighted by atomic mass is 10.3. The minimum absolute atomic E-state index is 0.297. The highest BCUT2D eigenvalue weighted by atomic mass is 19.1. The molecule has 3 aromatic heterocycles. The first kappa shape index (κ1) is 18.7. The van der Waals surface area contributed by atoms with Crippen LogP contribution in [-0.4, -0.2) is 24.7 Å². The van der Waals surface area contributed by atoms with Gasteiger partial charge in [-0.3, -0.25) is 4.98 Å². The van der Waals surface area contributed by atoms with E-state index in [-0.39, 0.29) is 5.82 Å². The first-order valence-corrected chi connectivity index (χ1v) is 9.73. The predicted molar refractivity (Wildman–Crippen MR) is 118 cm³/mol. The molecule has 0 aliphatic rings. The average Bonchev–Trinajstić information content (AvgIpc) is 3.25. The van der Waals surface area contributed by atoms with E-state index in [2.05, 4.69) is 25.7 Å². The summed E-state index contributed by atoms with van der Waals surface area (Å²) in [6, 6.07) is 19.7. The van der Waals surface area contributed by atoms with Crippen molar-refractivity contribution in [2.75, 3.05) is 10.6 Å². The number of hydrogen-bond donors (Lipinski definition) is 2. The quantitative estimate of drug-likeness (QED) is 0.421. The zero-order valence-electron chi connectivity index (χ0n) is 16.4. The number of para-hydroxylation sites is 1. The van der Waals surface area contributed by atoms with E-state index in [1.807, 2.05) is 42.5 Å². The lowest BCUT2D eigenvalue weighted by Crippen LogP contribution is -2.07. The van der Waals surface area contributed by atoms with Gasteiger partial charge in [-0.2, -0.15) is 15.1 Å². The average molecular weight is 411 g/mol. The highest BCUT2D eigenvalue weighted by molar-refractivity contribution is 5.90. The van der Waals surface area contributed by atoms with Gasteiger partial charge in [0.2, 0.25) is 5.95 Å². The molecule has 7 nitrogen and oxygen atoms in total. The Labute approximate surface area is 177 Å².